The number of fused-ring (bicyclic) bond motifs is 3. The minimum absolute atomic E-state index is 0.0205. The third kappa shape index (κ3) is 2.62. The number of hydrogen-bond donors (Lipinski definition) is 1. The van der Waals surface area contributed by atoms with Crippen LogP contribution in [0.2, 0.25) is 0 Å². The molecule has 1 radical (unpaired) electrons. The van der Waals surface area contributed by atoms with Gasteiger partial charge in [-0.1, -0.05) is 42.5 Å². The van der Waals surface area contributed by atoms with E-state index in [2.05, 4.69) is 0 Å². The molecule has 1 N–H and O–H groups in total. The summed E-state index contributed by atoms with van der Waals surface area (Å²) in [6, 6.07) is 13.4. The van der Waals surface area contributed by atoms with E-state index in [-0.39, 0.29) is 5.78 Å². The van der Waals surface area contributed by atoms with Gasteiger partial charge in [0.1, 0.15) is 0 Å². The van der Waals surface area contributed by atoms with Crippen LogP contribution in [0, 0.1) is 0 Å². The summed E-state index contributed by atoms with van der Waals surface area (Å²) in [5, 5.41) is 10.2. The highest BCUT2D eigenvalue weighted by Gasteiger charge is 2.37. The van der Waals surface area contributed by atoms with Crippen LogP contribution < -0.4 is 5.46 Å². The maximum Gasteiger partial charge on any atom is 0.331 e. The first-order valence-electron chi connectivity index (χ1n) is 7.73. The molecule has 0 aromatic heterocycles. The molecule has 0 saturated heterocycles. The molecule has 0 spiro atoms. The van der Waals surface area contributed by atoms with Crippen LogP contribution in [0.3, 0.4) is 0 Å². The lowest BCUT2D eigenvalue weighted by Gasteiger charge is -2.37. The van der Waals surface area contributed by atoms with Crippen molar-refractivity contribution in [3.8, 4) is 11.1 Å². The number of carbonyl (C=O) groups excluding carboxylic acids is 1. The fourth-order valence-electron chi connectivity index (χ4n) is 2.55. The van der Waals surface area contributed by atoms with Crippen LogP contribution in [-0.2, 0) is 4.65 Å². The second kappa shape index (κ2) is 5.32. The standard InChI is InChI=1S/C19H20BO3/c1-18(2,22)19(3,4)23-20-15-11-7-10-13-12-8-5-6-9-14(12)17(21)16(13)15/h5-11,22H,1-4H3. The van der Waals surface area contributed by atoms with Gasteiger partial charge in [-0.25, -0.2) is 0 Å². The van der Waals surface area contributed by atoms with E-state index in [1.807, 2.05) is 56.3 Å². The van der Waals surface area contributed by atoms with E-state index in [0.29, 0.717) is 5.56 Å². The molecule has 1 aliphatic carbocycles. The molecule has 0 amide bonds. The molecule has 3 rings (SSSR count). The van der Waals surface area contributed by atoms with Crippen LogP contribution in [0.1, 0.15) is 43.6 Å². The minimum atomic E-state index is -1.01. The van der Waals surface area contributed by atoms with Crippen LogP contribution >= 0.6 is 0 Å². The quantitative estimate of drug-likeness (QED) is 0.754. The van der Waals surface area contributed by atoms with Crippen LogP contribution in [0.4, 0.5) is 0 Å². The molecule has 0 fully saturated rings. The smallest absolute Gasteiger partial charge is 0.331 e. The molecule has 0 aliphatic heterocycles. The van der Waals surface area contributed by atoms with Gasteiger partial charge in [0.05, 0.1) is 11.2 Å². The second-order valence-corrected chi connectivity index (χ2v) is 6.95. The van der Waals surface area contributed by atoms with Crippen LogP contribution in [0.25, 0.3) is 11.1 Å². The van der Waals surface area contributed by atoms with Gasteiger partial charge in [-0.2, -0.15) is 0 Å². The Bertz CT molecular complexity index is 772. The molecule has 0 heterocycles. The predicted octanol–water partition coefficient (Wildman–Crippen LogP) is 2.71. The van der Waals surface area contributed by atoms with E-state index in [4.69, 9.17) is 4.65 Å². The zero-order valence-corrected chi connectivity index (χ0v) is 13.9. The zero-order chi connectivity index (χ0) is 16.8. The molecule has 4 heteroatoms. The highest BCUT2D eigenvalue weighted by atomic mass is 16.5. The minimum Gasteiger partial charge on any atom is -0.427 e. The Kier molecular flexibility index (Phi) is 3.70. The zero-order valence-electron chi connectivity index (χ0n) is 13.9. The summed E-state index contributed by atoms with van der Waals surface area (Å²) in [6.07, 6.45) is 0. The van der Waals surface area contributed by atoms with Crippen LogP contribution in [0.5, 0.6) is 0 Å². The lowest BCUT2D eigenvalue weighted by atomic mass is 9.79. The van der Waals surface area contributed by atoms with Gasteiger partial charge in [-0.15, -0.1) is 0 Å². The molecule has 0 atom stereocenters. The highest BCUT2D eigenvalue weighted by molar-refractivity contribution is 6.51. The number of benzene rings is 2. The summed E-state index contributed by atoms with van der Waals surface area (Å²) in [4.78, 5) is 12.7. The largest absolute Gasteiger partial charge is 0.427 e. The van der Waals surface area contributed by atoms with Gasteiger partial charge in [0.15, 0.2) is 5.78 Å². The Labute approximate surface area is 137 Å². The maximum absolute atomic E-state index is 12.7. The first-order chi connectivity index (χ1) is 10.7. The summed E-state index contributed by atoms with van der Waals surface area (Å²) in [6.45, 7) is 7.06. The van der Waals surface area contributed by atoms with Crippen molar-refractivity contribution in [1.82, 2.24) is 0 Å². The Morgan fingerprint density at radius 3 is 2.17 bits per heavy atom. The fraction of sp³-hybridized carbons (Fsp3) is 0.316. The molecular weight excluding hydrogens is 287 g/mol. The predicted molar refractivity (Wildman–Crippen MR) is 92.2 cm³/mol. The highest BCUT2D eigenvalue weighted by Crippen LogP contribution is 2.35. The molecule has 0 bridgehead atoms. The molecule has 0 unspecified atom stereocenters. The summed E-state index contributed by atoms with van der Waals surface area (Å²) in [5.41, 5.74) is 2.25. The summed E-state index contributed by atoms with van der Waals surface area (Å²) >= 11 is 0. The average molecular weight is 307 g/mol. The van der Waals surface area contributed by atoms with Crippen molar-refractivity contribution in [2.75, 3.05) is 0 Å². The third-order valence-corrected chi connectivity index (χ3v) is 4.74. The second-order valence-electron chi connectivity index (χ2n) is 6.95. The van der Waals surface area contributed by atoms with Crippen LogP contribution in [0.15, 0.2) is 42.5 Å². The normalized spacial score (nSPS) is 13.7. The first kappa shape index (κ1) is 16.0. The first-order valence-corrected chi connectivity index (χ1v) is 7.73. The van der Waals surface area contributed by atoms with Crippen molar-refractivity contribution >= 4 is 18.7 Å². The van der Waals surface area contributed by atoms with Gasteiger partial charge < -0.3 is 9.76 Å². The number of carbonyl (C=O) groups is 1. The van der Waals surface area contributed by atoms with Crippen molar-refractivity contribution in [3.05, 3.63) is 53.6 Å². The van der Waals surface area contributed by atoms with Gasteiger partial charge in [0.2, 0.25) is 0 Å². The van der Waals surface area contributed by atoms with E-state index < -0.39 is 11.2 Å². The van der Waals surface area contributed by atoms with Gasteiger partial charge in [0, 0.05) is 11.1 Å². The molecule has 1 aliphatic rings. The summed E-state index contributed by atoms with van der Waals surface area (Å²) < 4.78 is 5.83. The monoisotopic (exact) mass is 307 g/mol. The van der Waals surface area contributed by atoms with Crippen LogP contribution in [-0.4, -0.2) is 29.6 Å². The average Bonchev–Trinajstić information content (AvgIpc) is 2.79. The van der Waals surface area contributed by atoms with Crippen molar-refractivity contribution < 1.29 is 14.6 Å². The summed E-state index contributed by atoms with van der Waals surface area (Å²) in [5.74, 6) is 0.0205. The summed E-state index contributed by atoms with van der Waals surface area (Å²) in [7, 11) is 1.58. The van der Waals surface area contributed by atoms with E-state index in [1.54, 1.807) is 21.3 Å². The number of rotatable bonds is 4. The van der Waals surface area contributed by atoms with Gasteiger partial charge in [-0.05, 0) is 44.3 Å². The molecule has 117 valence electrons. The van der Waals surface area contributed by atoms with Crippen molar-refractivity contribution in [2.45, 2.75) is 38.9 Å². The lowest BCUT2D eigenvalue weighted by Crippen LogP contribution is -2.49. The SMILES string of the molecule is CC(C)(O)C(C)(C)O[B]c1cccc2c1C(=O)c1ccccc1-2. The Morgan fingerprint density at radius 2 is 1.52 bits per heavy atom. The molecule has 0 saturated carbocycles. The Morgan fingerprint density at radius 1 is 0.913 bits per heavy atom. The topological polar surface area (TPSA) is 46.5 Å². The Balaban J connectivity index is 1.95. The number of hydrogen-bond acceptors (Lipinski definition) is 3. The molecule has 23 heavy (non-hydrogen) atoms. The molecule has 2 aromatic rings. The maximum atomic E-state index is 12.7. The third-order valence-electron chi connectivity index (χ3n) is 4.74. The van der Waals surface area contributed by atoms with Gasteiger partial charge in [-0.3, -0.25) is 4.79 Å². The van der Waals surface area contributed by atoms with Gasteiger partial charge in [0.25, 0.3) is 0 Å². The van der Waals surface area contributed by atoms with E-state index in [0.717, 1.165) is 22.2 Å². The van der Waals surface area contributed by atoms with E-state index in [9.17, 15) is 9.90 Å². The molecule has 2 aromatic carbocycles. The molecule has 3 nitrogen and oxygen atoms in total. The number of ketones is 1. The van der Waals surface area contributed by atoms with Gasteiger partial charge >= 0.3 is 7.48 Å². The molecular formula is C19H20BO3. The van der Waals surface area contributed by atoms with Crippen molar-refractivity contribution in [1.29, 1.82) is 0 Å². The van der Waals surface area contributed by atoms with Crippen molar-refractivity contribution in [2.24, 2.45) is 0 Å². The fourth-order valence-corrected chi connectivity index (χ4v) is 2.55. The van der Waals surface area contributed by atoms with E-state index >= 15 is 0 Å². The Hall–Kier alpha value is -1.91. The van der Waals surface area contributed by atoms with E-state index in [1.165, 1.54) is 0 Å². The van der Waals surface area contributed by atoms with Crippen molar-refractivity contribution in [3.63, 3.8) is 0 Å². The lowest BCUT2D eigenvalue weighted by molar-refractivity contribution is -0.0893. The number of aliphatic hydroxyl groups is 1.